The van der Waals surface area contributed by atoms with Gasteiger partial charge in [-0.25, -0.2) is 0 Å². The summed E-state index contributed by atoms with van der Waals surface area (Å²) < 4.78 is 2.02. The number of hydrogen-bond donors (Lipinski definition) is 1. The van der Waals surface area contributed by atoms with Gasteiger partial charge >= 0.3 is 0 Å². The number of aryl methyl sites for hydroxylation is 2. The van der Waals surface area contributed by atoms with E-state index in [1.807, 2.05) is 42.7 Å². The van der Waals surface area contributed by atoms with Gasteiger partial charge in [0.05, 0.1) is 10.9 Å². The van der Waals surface area contributed by atoms with Gasteiger partial charge in [0.1, 0.15) is 0 Å². The van der Waals surface area contributed by atoms with E-state index in [0.717, 1.165) is 16.8 Å². The van der Waals surface area contributed by atoms with Gasteiger partial charge in [0.15, 0.2) is 11.0 Å². The Morgan fingerprint density at radius 2 is 1.79 bits per heavy atom. The topological polar surface area (TPSA) is 85.6 Å². The quantitative estimate of drug-likeness (QED) is 0.372. The van der Waals surface area contributed by atoms with E-state index in [-0.39, 0.29) is 17.1 Å². The smallest absolute Gasteiger partial charge is 0.234 e. The molecule has 0 fully saturated rings. The van der Waals surface area contributed by atoms with Crippen LogP contribution in [-0.4, -0.2) is 35.9 Å². The van der Waals surface area contributed by atoms with Crippen LogP contribution in [-0.2, 0) is 11.3 Å². The highest BCUT2D eigenvalue weighted by atomic mass is 32.2. The Kier molecular flexibility index (Phi) is 7.37. The number of nitrogens with zero attached hydrogens (tertiary/aromatic N) is 5. The van der Waals surface area contributed by atoms with Crippen LogP contribution in [0.25, 0.3) is 17.1 Å². The lowest BCUT2D eigenvalue weighted by atomic mass is 10.1. The second-order valence-electron chi connectivity index (χ2n) is 8.51. The Balaban J connectivity index is 1.67. The Morgan fingerprint density at radius 3 is 2.47 bits per heavy atom. The SMILES string of the molecule is Cc1ccc(-n2c(SC(C(=O)NCc3cccnc3)C(C)C)nnc2-c2ccncc2)cc1C. The lowest BCUT2D eigenvalue weighted by molar-refractivity contribution is -0.121. The van der Waals surface area contributed by atoms with Crippen LogP contribution in [0.2, 0.25) is 0 Å². The van der Waals surface area contributed by atoms with Gasteiger partial charge in [-0.05, 0) is 66.8 Å². The average molecular weight is 473 g/mol. The third-order valence-corrected chi connectivity index (χ3v) is 7.09. The van der Waals surface area contributed by atoms with Crippen molar-refractivity contribution < 1.29 is 4.79 Å². The van der Waals surface area contributed by atoms with Gasteiger partial charge in [0, 0.05) is 36.9 Å². The summed E-state index contributed by atoms with van der Waals surface area (Å²) in [5.74, 6) is 0.767. The summed E-state index contributed by atoms with van der Waals surface area (Å²) >= 11 is 1.43. The van der Waals surface area contributed by atoms with E-state index in [2.05, 4.69) is 57.5 Å². The van der Waals surface area contributed by atoms with Crippen LogP contribution in [0.3, 0.4) is 0 Å². The molecule has 1 atom stereocenters. The summed E-state index contributed by atoms with van der Waals surface area (Å²) in [7, 11) is 0. The fourth-order valence-corrected chi connectivity index (χ4v) is 4.60. The monoisotopic (exact) mass is 472 g/mol. The molecule has 1 aromatic carbocycles. The molecule has 8 heteroatoms. The normalized spacial score (nSPS) is 12.0. The number of thioether (sulfide) groups is 1. The van der Waals surface area contributed by atoms with Crippen molar-refractivity contribution in [2.24, 2.45) is 5.92 Å². The molecule has 0 saturated heterocycles. The maximum atomic E-state index is 13.2. The fourth-order valence-electron chi connectivity index (χ4n) is 3.53. The Hall–Kier alpha value is -3.52. The molecule has 0 radical (unpaired) electrons. The minimum atomic E-state index is -0.337. The first-order valence-electron chi connectivity index (χ1n) is 11.2. The number of hydrogen-bond acceptors (Lipinski definition) is 6. The van der Waals surface area contributed by atoms with Crippen LogP contribution in [0.5, 0.6) is 0 Å². The van der Waals surface area contributed by atoms with Gasteiger partial charge in [-0.1, -0.05) is 37.7 Å². The summed E-state index contributed by atoms with van der Waals surface area (Å²) in [5.41, 5.74) is 5.22. The summed E-state index contributed by atoms with van der Waals surface area (Å²) in [6, 6.07) is 13.9. The van der Waals surface area contributed by atoms with Crippen LogP contribution >= 0.6 is 11.8 Å². The van der Waals surface area contributed by atoms with E-state index in [0.29, 0.717) is 17.5 Å². The molecule has 0 aliphatic heterocycles. The molecule has 1 amide bonds. The van der Waals surface area contributed by atoms with E-state index in [1.165, 1.54) is 22.9 Å². The molecule has 1 N–H and O–H groups in total. The van der Waals surface area contributed by atoms with Crippen LogP contribution in [0, 0.1) is 19.8 Å². The minimum Gasteiger partial charge on any atom is -0.351 e. The number of pyridine rings is 2. The zero-order chi connectivity index (χ0) is 24.1. The number of aromatic nitrogens is 5. The second kappa shape index (κ2) is 10.6. The third-order valence-electron chi connectivity index (χ3n) is 5.61. The molecule has 0 aliphatic carbocycles. The van der Waals surface area contributed by atoms with Gasteiger partial charge in [-0.2, -0.15) is 0 Å². The van der Waals surface area contributed by atoms with E-state index < -0.39 is 0 Å². The van der Waals surface area contributed by atoms with E-state index in [9.17, 15) is 4.79 Å². The molecule has 7 nitrogen and oxygen atoms in total. The Labute approximate surface area is 204 Å². The van der Waals surface area contributed by atoms with Gasteiger partial charge in [0.25, 0.3) is 0 Å². The first-order chi connectivity index (χ1) is 16.4. The third kappa shape index (κ3) is 5.34. The molecular weight excluding hydrogens is 444 g/mol. The highest BCUT2D eigenvalue weighted by Crippen LogP contribution is 2.33. The van der Waals surface area contributed by atoms with Crippen LogP contribution in [0.15, 0.2) is 72.4 Å². The number of nitrogens with one attached hydrogen (secondary N) is 1. The molecule has 34 heavy (non-hydrogen) atoms. The minimum absolute atomic E-state index is 0.0380. The van der Waals surface area contributed by atoms with Crippen molar-refractivity contribution in [3.05, 3.63) is 83.9 Å². The van der Waals surface area contributed by atoms with Crippen molar-refractivity contribution in [2.45, 2.75) is 44.6 Å². The van der Waals surface area contributed by atoms with Crippen molar-refractivity contribution >= 4 is 17.7 Å². The number of amides is 1. The van der Waals surface area contributed by atoms with Crippen LogP contribution in [0.1, 0.15) is 30.5 Å². The maximum absolute atomic E-state index is 13.2. The molecule has 1 unspecified atom stereocenters. The summed E-state index contributed by atoms with van der Waals surface area (Å²) in [4.78, 5) is 21.4. The number of carbonyl (C=O) groups excluding carboxylic acids is 1. The zero-order valence-corrected chi connectivity index (χ0v) is 20.6. The molecule has 0 bridgehead atoms. The summed E-state index contributed by atoms with van der Waals surface area (Å²) in [6.45, 7) is 8.70. The zero-order valence-electron chi connectivity index (χ0n) is 19.8. The van der Waals surface area contributed by atoms with Crippen molar-refractivity contribution in [3.8, 4) is 17.1 Å². The molecule has 0 saturated carbocycles. The van der Waals surface area contributed by atoms with Crippen molar-refractivity contribution in [1.29, 1.82) is 0 Å². The fraction of sp³-hybridized carbons (Fsp3) is 0.269. The van der Waals surface area contributed by atoms with Gasteiger partial charge in [-0.3, -0.25) is 19.3 Å². The van der Waals surface area contributed by atoms with E-state index in [1.54, 1.807) is 24.8 Å². The number of rotatable bonds is 8. The Morgan fingerprint density at radius 1 is 1.00 bits per heavy atom. The Bertz CT molecular complexity index is 1260. The standard InChI is InChI=1S/C26H28N6OS/c1-17(2)23(25(33)29-16-20-6-5-11-28-15-20)34-26-31-30-24(21-9-12-27-13-10-21)32(26)22-8-7-18(3)19(4)14-22/h5-15,17,23H,16H2,1-4H3,(H,29,33). The first-order valence-corrected chi connectivity index (χ1v) is 12.1. The molecule has 174 valence electrons. The highest BCUT2D eigenvalue weighted by molar-refractivity contribution is 8.00. The second-order valence-corrected chi connectivity index (χ2v) is 9.62. The largest absolute Gasteiger partial charge is 0.351 e. The van der Waals surface area contributed by atoms with Crippen molar-refractivity contribution in [3.63, 3.8) is 0 Å². The molecule has 0 spiro atoms. The van der Waals surface area contributed by atoms with E-state index >= 15 is 0 Å². The van der Waals surface area contributed by atoms with Gasteiger partial charge in [-0.15, -0.1) is 10.2 Å². The summed E-state index contributed by atoms with van der Waals surface area (Å²) in [5, 5.41) is 12.4. The van der Waals surface area contributed by atoms with Crippen LogP contribution < -0.4 is 5.32 Å². The number of benzene rings is 1. The van der Waals surface area contributed by atoms with E-state index in [4.69, 9.17) is 0 Å². The van der Waals surface area contributed by atoms with Crippen molar-refractivity contribution in [2.75, 3.05) is 0 Å². The van der Waals surface area contributed by atoms with Gasteiger partial charge < -0.3 is 5.32 Å². The highest BCUT2D eigenvalue weighted by Gasteiger charge is 2.27. The predicted octanol–water partition coefficient (Wildman–Crippen LogP) is 4.77. The predicted molar refractivity (Wildman–Crippen MR) is 135 cm³/mol. The first kappa shape index (κ1) is 23.6. The molecule has 0 aliphatic rings. The van der Waals surface area contributed by atoms with Gasteiger partial charge in [0.2, 0.25) is 5.91 Å². The molecule has 3 heterocycles. The van der Waals surface area contributed by atoms with Crippen LogP contribution in [0.4, 0.5) is 0 Å². The molecule has 4 aromatic rings. The molecule has 3 aromatic heterocycles. The molecule has 4 rings (SSSR count). The lowest BCUT2D eigenvalue weighted by Crippen LogP contribution is -2.35. The number of carbonyl (C=O) groups is 1. The molecular formula is C26H28N6OS. The summed E-state index contributed by atoms with van der Waals surface area (Å²) in [6.07, 6.45) is 6.96. The average Bonchev–Trinajstić information content (AvgIpc) is 3.27. The van der Waals surface area contributed by atoms with Crippen molar-refractivity contribution in [1.82, 2.24) is 30.0 Å². The maximum Gasteiger partial charge on any atom is 0.234 e. The lowest BCUT2D eigenvalue weighted by Gasteiger charge is -2.20.